The van der Waals surface area contributed by atoms with Crippen LogP contribution in [0.3, 0.4) is 0 Å². The highest BCUT2D eigenvalue weighted by atomic mass is 35.5. The number of hydrogen-bond acceptors (Lipinski definition) is 2. The van der Waals surface area contributed by atoms with Crippen molar-refractivity contribution in [2.75, 3.05) is 0 Å². The van der Waals surface area contributed by atoms with E-state index in [-0.39, 0.29) is 5.91 Å². The lowest BCUT2D eigenvalue weighted by atomic mass is 9.98. The Morgan fingerprint density at radius 1 is 1.35 bits per heavy atom. The van der Waals surface area contributed by atoms with Crippen molar-refractivity contribution in [2.24, 2.45) is 16.7 Å². The Balaban J connectivity index is 1.75. The van der Waals surface area contributed by atoms with Crippen LogP contribution in [0.4, 0.5) is 0 Å². The number of fused-ring (bicyclic) bond motifs is 3. The lowest BCUT2D eigenvalue weighted by molar-refractivity contribution is 0.0802. The van der Waals surface area contributed by atoms with Gasteiger partial charge in [0.2, 0.25) is 0 Å². The van der Waals surface area contributed by atoms with Crippen molar-refractivity contribution in [2.45, 2.75) is 50.8 Å². The van der Waals surface area contributed by atoms with Crippen molar-refractivity contribution >= 4 is 29.1 Å². The predicted octanol–water partition coefficient (Wildman–Crippen LogP) is 3.71. The molecule has 0 saturated heterocycles. The summed E-state index contributed by atoms with van der Waals surface area (Å²) in [5, 5.41) is 4.50. The molecule has 1 aromatic heterocycles. The van der Waals surface area contributed by atoms with Crippen LogP contribution in [0.1, 0.15) is 54.9 Å². The number of alkyl halides is 2. The van der Waals surface area contributed by atoms with E-state index in [0.717, 1.165) is 17.8 Å². The number of rotatable bonds is 1. The van der Waals surface area contributed by atoms with Crippen LogP contribution in [0, 0.1) is 23.7 Å². The molecule has 3 nitrogen and oxygen atoms in total. The van der Waals surface area contributed by atoms with Gasteiger partial charge in [-0.3, -0.25) is 4.79 Å². The van der Waals surface area contributed by atoms with Crippen LogP contribution in [-0.2, 0) is 6.42 Å². The summed E-state index contributed by atoms with van der Waals surface area (Å²) in [5.74, 6) is 1.19. The molecule has 1 aromatic rings. The third-order valence-corrected chi connectivity index (χ3v) is 7.00. The molecular weight excluding hydrogens is 295 g/mol. The van der Waals surface area contributed by atoms with E-state index in [0.29, 0.717) is 23.7 Å². The fourth-order valence-electron chi connectivity index (χ4n) is 4.13. The summed E-state index contributed by atoms with van der Waals surface area (Å²) in [6.07, 6.45) is 1.46. The standard InChI is InChI=1S/C15H18Cl2N2O/c1-7-10-9(5-8-11(10)13(8,2)3)19(18-7)12(20)14(4)6-15(14,16)17/h8,11H,5-6H2,1-4H3/t8-,11-,14-/m1/s1. The first kappa shape index (κ1) is 13.1. The first-order valence-corrected chi connectivity index (χ1v) is 7.88. The molecule has 108 valence electrons. The average molecular weight is 313 g/mol. The summed E-state index contributed by atoms with van der Waals surface area (Å²) < 4.78 is 0.664. The highest BCUT2D eigenvalue weighted by Crippen LogP contribution is 2.71. The molecular formula is C15H18Cl2N2O. The van der Waals surface area contributed by atoms with Gasteiger partial charge in [-0.1, -0.05) is 13.8 Å². The number of aryl methyl sites for hydroxylation is 1. The van der Waals surface area contributed by atoms with E-state index in [4.69, 9.17) is 23.2 Å². The molecule has 0 radical (unpaired) electrons. The Morgan fingerprint density at radius 3 is 2.50 bits per heavy atom. The van der Waals surface area contributed by atoms with Crippen molar-refractivity contribution in [1.82, 2.24) is 9.78 Å². The third kappa shape index (κ3) is 1.29. The number of carbonyl (C=O) groups excluding carboxylic acids is 1. The SMILES string of the molecule is Cc1nn(C(=O)[C@@]2(C)CC2(Cl)Cl)c2c1[C@H]1[C@@H](C2)C1(C)C. The molecule has 2 fully saturated rings. The zero-order chi connectivity index (χ0) is 14.7. The number of carbonyl (C=O) groups is 1. The molecule has 4 rings (SSSR count). The third-order valence-electron chi connectivity index (χ3n) is 5.90. The lowest BCUT2D eigenvalue weighted by Crippen LogP contribution is -2.27. The Kier molecular flexibility index (Phi) is 2.15. The van der Waals surface area contributed by atoms with Gasteiger partial charge in [0.15, 0.2) is 0 Å². The smallest absolute Gasteiger partial charge is 0.256 e. The lowest BCUT2D eigenvalue weighted by Gasteiger charge is -2.14. The maximum atomic E-state index is 12.7. The van der Waals surface area contributed by atoms with Crippen LogP contribution in [0.25, 0.3) is 0 Å². The average Bonchev–Trinajstić information content (AvgIpc) is 2.88. The summed E-state index contributed by atoms with van der Waals surface area (Å²) >= 11 is 12.3. The van der Waals surface area contributed by atoms with Crippen molar-refractivity contribution < 1.29 is 4.79 Å². The quantitative estimate of drug-likeness (QED) is 0.741. The van der Waals surface area contributed by atoms with E-state index in [9.17, 15) is 4.79 Å². The van der Waals surface area contributed by atoms with Gasteiger partial charge in [0.1, 0.15) is 4.33 Å². The molecule has 0 amide bonds. The van der Waals surface area contributed by atoms with Crippen LogP contribution in [0.5, 0.6) is 0 Å². The molecule has 5 heteroatoms. The van der Waals surface area contributed by atoms with Gasteiger partial charge in [-0.25, -0.2) is 4.68 Å². The van der Waals surface area contributed by atoms with E-state index in [1.807, 2.05) is 13.8 Å². The second-order valence-corrected chi connectivity index (χ2v) is 8.97. The van der Waals surface area contributed by atoms with Crippen molar-refractivity contribution in [3.05, 3.63) is 17.0 Å². The Labute approximate surface area is 128 Å². The normalized spacial score (nSPS) is 38.3. The largest absolute Gasteiger partial charge is 0.272 e. The molecule has 3 aliphatic rings. The number of hydrogen-bond donors (Lipinski definition) is 0. The molecule has 0 aromatic carbocycles. The van der Waals surface area contributed by atoms with Crippen LogP contribution in [-0.4, -0.2) is 20.0 Å². The van der Waals surface area contributed by atoms with Gasteiger partial charge < -0.3 is 0 Å². The maximum absolute atomic E-state index is 12.7. The minimum Gasteiger partial charge on any atom is -0.272 e. The minimum atomic E-state index is -0.933. The Morgan fingerprint density at radius 2 is 1.95 bits per heavy atom. The second kappa shape index (κ2) is 3.27. The van der Waals surface area contributed by atoms with Crippen molar-refractivity contribution in [1.29, 1.82) is 0 Å². The summed E-state index contributed by atoms with van der Waals surface area (Å²) in [6.45, 7) is 8.44. The first-order valence-electron chi connectivity index (χ1n) is 7.12. The van der Waals surface area contributed by atoms with E-state index in [2.05, 4.69) is 18.9 Å². The molecule has 2 saturated carbocycles. The summed E-state index contributed by atoms with van der Waals surface area (Å²) in [4.78, 5) is 12.7. The number of aromatic nitrogens is 2. The fraction of sp³-hybridized carbons (Fsp3) is 0.733. The van der Waals surface area contributed by atoms with E-state index >= 15 is 0 Å². The molecule has 20 heavy (non-hydrogen) atoms. The summed E-state index contributed by atoms with van der Waals surface area (Å²) in [6, 6.07) is 0. The highest BCUT2D eigenvalue weighted by Gasteiger charge is 2.70. The minimum absolute atomic E-state index is 0.0500. The van der Waals surface area contributed by atoms with Gasteiger partial charge in [0.05, 0.1) is 16.8 Å². The molecule has 1 heterocycles. The molecule has 0 N–H and O–H groups in total. The topological polar surface area (TPSA) is 34.9 Å². The second-order valence-electron chi connectivity index (χ2n) is 7.49. The van der Waals surface area contributed by atoms with Crippen LogP contribution in [0.2, 0.25) is 0 Å². The van der Waals surface area contributed by atoms with E-state index in [1.54, 1.807) is 4.68 Å². The van der Waals surface area contributed by atoms with Gasteiger partial charge in [-0.15, -0.1) is 23.2 Å². The molecule has 0 spiro atoms. The van der Waals surface area contributed by atoms with Gasteiger partial charge in [-0.05, 0) is 43.9 Å². The van der Waals surface area contributed by atoms with Gasteiger partial charge in [-0.2, -0.15) is 5.10 Å². The number of halogens is 2. The maximum Gasteiger partial charge on any atom is 0.256 e. The predicted molar refractivity (Wildman–Crippen MR) is 78.5 cm³/mol. The van der Waals surface area contributed by atoms with Gasteiger partial charge in [0, 0.05) is 5.56 Å². The van der Waals surface area contributed by atoms with Crippen LogP contribution in [0.15, 0.2) is 0 Å². The van der Waals surface area contributed by atoms with Gasteiger partial charge in [0.25, 0.3) is 5.91 Å². The van der Waals surface area contributed by atoms with Crippen LogP contribution < -0.4 is 0 Å². The first-order chi connectivity index (χ1) is 9.11. The van der Waals surface area contributed by atoms with Crippen LogP contribution >= 0.6 is 23.2 Å². The highest BCUT2D eigenvalue weighted by molar-refractivity contribution is 6.53. The number of nitrogens with zero attached hydrogens (tertiary/aromatic N) is 2. The van der Waals surface area contributed by atoms with E-state index in [1.165, 1.54) is 5.56 Å². The molecule has 0 aliphatic heterocycles. The molecule has 3 atom stereocenters. The molecule has 0 bridgehead atoms. The zero-order valence-corrected chi connectivity index (χ0v) is 13.6. The molecule has 0 unspecified atom stereocenters. The van der Waals surface area contributed by atoms with Crippen molar-refractivity contribution in [3.63, 3.8) is 0 Å². The monoisotopic (exact) mass is 312 g/mol. The van der Waals surface area contributed by atoms with Gasteiger partial charge >= 0.3 is 0 Å². The summed E-state index contributed by atoms with van der Waals surface area (Å²) in [5.41, 5.74) is 3.06. The van der Waals surface area contributed by atoms with Crippen molar-refractivity contribution in [3.8, 4) is 0 Å². The van der Waals surface area contributed by atoms with E-state index < -0.39 is 9.75 Å². The fourth-order valence-corrected chi connectivity index (χ4v) is 4.82. The summed E-state index contributed by atoms with van der Waals surface area (Å²) in [7, 11) is 0. The zero-order valence-electron chi connectivity index (χ0n) is 12.1. The Bertz CT molecular complexity index is 661. The molecule has 3 aliphatic carbocycles. The Hall–Kier alpha value is -0.540.